The number of imide groups is 1. The van der Waals surface area contributed by atoms with E-state index in [2.05, 4.69) is 35.5 Å². The van der Waals surface area contributed by atoms with Gasteiger partial charge < -0.3 is 15.3 Å². The number of carbonyl (C=O) groups excluding carboxylic acids is 3. The van der Waals surface area contributed by atoms with Crippen molar-refractivity contribution in [3.8, 4) is 11.8 Å². The Kier molecular flexibility index (Phi) is 6.50. The van der Waals surface area contributed by atoms with Crippen LogP contribution in [-0.2, 0) is 11.3 Å². The lowest BCUT2D eigenvalue weighted by Gasteiger charge is -2.10. The van der Waals surface area contributed by atoms with Crippen LogP contribution in [0.4, 0.5) is 4.79 Å². The molecule has 30 heavy (non-hydrogen) atoms. The fourth-order valence-electron chi connectivity index (χ4n) is 3.32. The summed E-state index contributed by atoms with van der Waals surface area (Å²) in [6, 6.07) is 11.8. The fraction of sp³-hybridized carbons (Fsp3) is 0.261. The lowest BCUT2D eigenvalue weighted by molar-refractivity contribution is -0.120. The Morgan fingerprint density at radius 3 is 2.47 bits per heavy atom. The first-order valence-electron chi connectivity index (χ1n) is 9.62. The molecule has 0 bridgehead atoms. The molecule has 7 heteroatoms. The smallest absolute Gasteiger partial charge is 0.322 e. The van der Waals surface area contributed by atoms with Gasteiger partial charge in [0.2, 0.25) is 0 Å². The first-order valence-corrected chi connectivity index (χ1v) is 9.62. The predicted molar refractivity (Wildman–Crippen MR) is 111 cm³/mol. The summed E-state index contributed by atoms with van der Waals surface area (Å²) in [7, 11) is 0. The van der Waals surface area contributed by atoms with Crippen molar-refractivity contribution in [1.29, 1.82) is 0 Å². The topological polar surface area (TPSA) is 98.7 Å². The number of aliphatic hydroxyl groups excluding tert-OH is 1. The van der Waals surface area contributed by atoms with Gasteiger partial charge in [-0.05, 0) is 43.2 Å². The third-order valence-corrected chi connectivity index (χ3v) is 4.85. The number of fused-ring (bicyclic) bond motifs is 1. The largest absolute Gasteiger partial charge is 0.384 e. The lowest BCUT2D eigenvalue weighted by atomic mass is 10.1. The minimum absolute atomic E-state index is 0.178. The van der Waals surface area contributed by atoms with Crippen molar-refractivity contribution in [3.05, 3.63) is 70.3 Å². The van der Waals surface area contributed by atoms with Gasteiger partial charge in [-0.25, -0.2) is 4.79 Å². The van der Waals surface area contributed by atoms with Crippen LogP contribution in [0.15, 0.2) is 42.5 Å². The molecule has 0 aromatic heterocycles. The molecule has 1 saturated heterocycles. The Morgan fingerprint density at radius 2 is 1.87 bits per heavy atom. The van der Waals surface area contributed by atoms with Gasteiger partial charge in [-0.1, -0.05) is 41.7 Å². The fourth-order valence-corrected chi connectivity index (χ4v) is 3.32. The zero-order valence-corrected chi connectivity index (χ0v) is 16.9. The highest BCUT2D eigenvalue weighted by molar-refractivity contribution is 6.04. The van der Waals surface area contributed by atoms with E-state index < -0.39 is 12.1 Å². The van der Waals surface area contributed by atoms with Gasteiger partial charge >= 0.3 is 6.03 Å². The molecule has 2 aromatic carbocycles. The summed E-state index contributed by atoms with van der Waals surface area (Å²) in [5, 5.41) is 13.2. The number of nitrogens with one attached hydrogen (secondary N) is 2. The number of aliphatic hydroxyl groups is 1. The van der Waals surface area contributed by atoms with Crippen molar-refractivity contribution in [3.63, 3.8) is 0 Å². The zero-order valence-electron chi connectivity index (χ0n) is 16.9. The normalized spacial score (nSPS) is 16.7. The molecule has 0 saturated carbocycles. The average molecular weight is 405 g/mol. The Balaban J connectivity index is 0.000000177. The molecule has 0 aliphatic carbocycles. The van der Waals surface area contributed by atoms with Gasteiger partial charge in [0.25, 0.3) is 11.8 Å². The van der Waals surface area contributed by atoms with Crippen molar-refractivity contribution in [1.82, 2.24) is 15.5 Å². The third-order valence-electron chi connectivity index (χ3n) is 4.85. The lowest BCUT2D eigenvalue weighted by Crippen LogP contribution is -2.22. The van der Waals surface area contributed by atoms with Crippen LogP contribution in [0.2, 0.25) is 0 Å². The van der Waals surface area contributed by atoms with Crippen molar-refractivity contribution >= 4 is 17.8 Å². The van der Waals surface area contributed by atoms with Gasteiger partial charge in [0.05, 0.1) is 0 Å². The number of carbonyl (C=O) groups is 3. The second kappa shape index (κ2) is 9.25. The van der Waals surface area contributed by atoms with Crippen LogP contribution in [0.1, 0.15) is 45.6 Å². The Hall–Kier alpha value is -3.63. The van der Waals surface area contributed by atoms with E-state index in [1.807, 2.05) is 24.0 Å². The summed E-state index contributed by atoms with van der Waals surface area (Å²) in [5.41, 5.74) is 4.72. The number of nitrogens with zero attached hydrogens (tertiary/aromatic N) is 1. The molecule has 2 heterocycles. The first kappa shape index (κ1) is 21.1. The molecule has 2 aliphatic rings. The number of aryl methyl sites for hydroxylation is 1. The maximum absolute atomic E-state index is 11.7. The summed E-state index contributed by atoms with van der Waals surface area (Å²) in [5.74, 6) is 5.09. The van der Waals surface area contributed by atoms with E-state index in [9.17, 15) is 14.4 Å². The molecule has 1 atom stereocenters. The molecule has 1 unspecified atom stereocenters. The predicted octanol–water partition coefficient (Wildman–Crippen LogP) is 1.88. The summed E-state index contributed by atoms with van der Waals surface area (Å²) in [6.45, 7) is 5.46. The van der Waals surface area contributed by atoms with E-state index >= 15 is 0 Å². The Bertz CT molecular complexity index is 1030. The maximum atomic E-state index is 11.7. The molecular formula is C23H23N3O4. The first-order chi connectivity index (χ1) is 14.4. The van der Waals surface area contributed by atoms with Crippen LogP contribution in [0.3, 0.4) is 0 Å². The highest BCUT2D eigenvalue weighted by atomic mass is 16.2. The molecule has 4 rings (SSSR count). The number of benzene rings is 2. The van der Waals surface area contributed by atoms with Gasteiger partial charge in [-0.2, -0.15) is 0 Å². The second-order valence-electron chi connectivity index (χ2n) is 6.96. The van der Waals surface area contributed by atoms with Gasteiger partial charge in [-0.15, -0.1) is 0 Å². The summed E-state index contributed by atoms with van der Waals surface area (Å²) >= 11 is 0. The SMILES string of the molecule is CCN1Cc2cc(C)ccc2C1=O.O=C1NC(=O)C(c2ccc(C#CCO)cc2)N1. The monoisotopic (exact) mass is 405 g/mol. The van der Waals surface area contributed by atoms with Crippen molar-refractivity contribution < 1.29 is 19.5 Å². The molecular weight excluding hydrogens is 382 g/mol. The van der Waals surface area contributed by atoms with E-state index in [0.717, 1.165) is 24.2 Å². The molecule has 0 radical (unpaired) electrons. The van der Waals surface area contributed by atoms with E-state index in [1.54, 1.807) is 24.3 Å². The number of rotatable bonds is 2. The number of amides is 4. The summed E-state index contributed by atoms with van der Waals surface area (Å²) in [6.07, 6.45) is 0. The average Bonchev–Trinajstić information content (AvgIpc) is 3.24. The number of hydrogen-bond donors (Lipinski definition) is 3. The van der Waals surface area contributed by atoms with E-state index in [4.69, 9.17) is 5.11 Å². The number of hydrogen-bond acceptors (Lipinski definition) is 4. The molecule has 154 valence electrons. The van der Waals surface area contributed by atoms with Crippen molar-refractivity contribution in [2.24, 2.45) is 0 Å². The van der Waals surface area contributed by atoms with Crippen LogP contribution in [0, 0.1) is 18.8 Å². The third kappa shape index (κ3) is 4.67. The quantitative estimate of drug-likeness (QED) is 0.525. The van der Waals surface area contributed by atoms with Crippen LogP contribution in [0.5, 0.6) is 0 Å². The van der Waals surface area contributed by atoms with E-state index in [0.29, 0.717) is 5.56 Å². The van der Waals surface area contributed by atoms with Crippen LogP contribution < -0.4 is 10.6 Å². The molecule has 0 spiro atoms. The number of urea groups is 1. The molecule has 7 nitrogen and oxygen atoms in total. The van der Waals surface area contributed by atoms with Crippen LogP contribution in [0.25, 0.3) is 0 Å². The highest BCUT2D eigenvalue weighted by Gasteiger charge is 2.30. The molecule has 2 aromatic rings. The van der Waals surface area contributed by atoms with Gasteiger partial charge in [0, 0.05) is 24.2 Å². The Labute approximate surface area is 175 Å². The van der Waals surface area contributed by atoms with Crippen molar-refractivity contribution in [2.75, 3.05) is 13.2 Å². The highest BCUT2D eigenvalue weighted by Crippen LogP contribution is 2.23. The molecule has 1 fully saturated rings. The van der Waals surface area contributed by atoms with Gasteiger partial charge in [0.1, 0.15) is 12.6 Å². The van der Waals surface area contributed by atoms with Crippen molar-refractivity contribution in [2.45, 2.75) is 26.4 Å². The summed E-state index contributed by atoms with van der Waals surface area (Å²) in [4.78, 5) is 35.9. The van der Waals surface area contributed by atoms with Gasteiger partial charge in [-0.3, -0.25) is 14.9 Å². The second-order valence-corrected chi connectivity index (χ2v) is 6.96. The van der Waals surface area contributed by atoms with E-state index in [1.165, 1.54) is 11.1 Å². The van der Waals surface area contributed by atoms with Crippen LogP contribution >= 0.6 is 0 Å². The molecule has 2 aliphatic heterocycles. The maximum Gasteiger partial charge on any atom is 0.322 e. The van der Waals surface area contributed by atoms with E-state index in [-0.39, 0.29) is 18.4 Å². The van der Waals surface area contributed by atoms with Gasteiger partial charge in [0.15, 0.2) is 0 Å². The Morgan fingerprint density at radius 1 is 1.13 bits per heavy atom. The minimum Gasteiger partial charge on any atom is -0.384 e. The standard InChI is InChI=1S/C12H10N2O3.C11H13NO/c15-7-1-2-8-3-5-9(6-4-8)10-11(16)14-12(17)13-10;1-3-12-7-9-6-8(2)4-5-10(9)11(12)13/h3-6,10,15H,7H2,(H2,13,14,16,17);4-6H,3,7H2,1-2H3. The molecule has 4 amide bonds. The zero-order chi connectivity index (χ0) is 21.7. The molecule has 3 N–H and O–H groups in total. The minimum atomic E-state index is -0.637. The van der Waals surface area contributed by atoms with Crippen LogP contribution in [-0.4, -0.2) is 41.0 Å². The summed E-state index contributed by atoms with van der Waals surface area (Å²) < 4.78 is 0.